The molecular weight excluding hydrogens is 290 g/mol. The molecule has 1 aromatic rings. The number of halogens is 1. The van der Waals surface area contributed by atoms with Crippen molar-refractivity contribution in [3.8, 4) is 0 Å². The lowest BCUT2D eigenvalue weighted by Gasteiger charge is -2.37. The lowest BCUT2D eigenvalue weighted by molar-refractivity contribution is -0.124. The first-order valence-corrected chi connectivity index (χ1v) is 7.73. The van der Waals surface area contributed by atoms with Crippen LogP contribution in [0.25, 0.3) is 0 Å². The summed E-state index contributed by atoms with van der Waals surface area (Å²) in [7, 11) is 0. The van der Waals surface area contributed by atoms with Gasteiger partial charge in [-0.05, 0) is 24.3 Å². The molecule has 0 spiro atoms. The summed E-state index contributed by atoms with van der Waals surface area (Å²) in [5.74, 6) is -0.0629. The van der Waals surface area contributed by atoms with Gasteiger partial charge in [-0.2, -0.15) is 0 Å². The Morgan fingerprint density at radius 2 is 2.05 bits per heavy atom. The number of hydrogen-bond donors (Lipinski definition) is 0. The molecule has 4 nitrogen and oxygen atoms in total. The quantitative estimate of drug-likeness (QED) is 0.802. The first-order chi connectivity index (χ1) is 10.1. The Hall–Kier alpha value is -1.55. The van der Waals surface area contributed by atoms with E-state index in [1.165, 1.54) is 4.90 Å². The number of carbonyl (C=O) groups excluding carboxylic acids is 2. The average molecular weight is 310 g/mol. The molecule has 1 fully saturated rings. The number of ketones is 1. The van der Waals surface area contributed by atoms with Crippen molar-refractivity contribution < 1.29 is 14.3 Å². The van der Waals surface area contributed by atoms with Crippen LogP contribution in [0.3, 0.4) is 0 Å². The molecule has 2 unspecified atom stereocenters. The molecule has 0 saturated carbocycles. The fourth-order valence-electron chi connectivity index (χ4n) is 2.77. The number of benzene rings is 1. The molecule has 0 radical (unpaired) electrons. The molecule has 0 aromatic heterocycles. The van der Waals surface area contributed by atoms with E-state index in [1.54, 1.807) is 0 Å². The van der Waals surface area contributed by atoms with Gasteiger partial charge in [0, 0.05) is 6.54 Å². The number of likely N-dealkylation sites (tertiary alicyclic amines) is 1. The normalized spacial score (nSPS) is 21.9. The number of rotatable bonds is 4. The second-order valence-electron chi connectivity index (χ2n) is 5.40. The van der Waals surface area contributed by atoms with E-state index in [4.69, 9.17) is 16.3 Å². The topological polar surface area (TPSA) is 46.6 Å². The number of alkyl halides is 1. The zero-order chi connectivity index (χ0) is 15.2. The van der Waals surface area contributed by atoms with Crippen molar-refractivity contribution >= 4 is 23.5 Å². The van der Waals surface area contributed by atoms with Crippen LogP contribution in [-0.4, -0.2) is 35.2 Å². The molecule has 5 heteroatoms. The summed E-state index contributed by atoms with van der Waals surface area (Å²) in [4.78, 5) is 25.8. The molecule has 114 valence electrons. The number of nitrogens with zero attached hydrogens (tertiary/aromatic N) is 1. The summed E-state index contributed by atoms with van der Waals surface area (Å²) in [6.07, 6.45) is 1.37. The Kier molecular flexibility index (Phi) is 5.62. The first-order valence-electron chi connectivity index (χ1n) is 7.19. The number of hydrogen-bond acceptors (Lipinski definition) is 3. The number of carbonyl (C=O) groups is 2. The molecule has 21 heavy (non-hydrogen) atoms. The van der Waals surface area contributed by atoms with Gasteiger partial charge in [0.2, 0.25) is 0 Å². The maximum absolute atomic E-state index is 12.3. The lowest BCUT2D eigenvalue weighted by atomic mass is 9.89. The van der Waals surface area contributed by atoms with Crippen molar-refractivity contribution in [1.29, 1.82) is 0 Å². The van der Waals surface area contributed by atoms with Gasteiger partial charge < -0.3 is 4.74 Å². The molecule has 1 saturated heterocycles. The van der Waals surface area contributed by atoms with Gasteiger partial charge >= 0.3 is 6.09 Å². The third-order valence-electron chi connectivity index (χ3n) is 3.83. The predicted octanol–water partition coefficient (Wildman–Crippen LogP) is 3.23. The number of piperidine rings is 1. The van der Waals surface area contributed by atoms with Gasteiger partial charge in [-0.1, -0.05) is 37.3 Å². The van der Waals surface area contributed by atoms with Crippen molar-refractivity contribution in [3.05, 3.63) is 35.9 Å². The minimum atomic E-state index is -0.459. The summed E-state index contributed by atoms with van der Waals surface area (Å²) >= 11 is 5.67. The van der Waals surface area contributed by atoms with Gasteiger partial charge in [0.1, 0.15) is 6.61 Å². The van der Waals surface area contributed by atoms with Crippen LogP contribution in [0.5, 0.6) is 0 Å². The van der Waals surface area contributed by atoms with E-state index in [1.807, 2.05) is 37.3 Å². The molecule has 1 aliphatic heterocycles. The van der Waals surface area contributed by atoms with Crippen molar-refractivity contribution in [2.24, 2.45) is 5.92 Å². The van der Waals surface area contributed by atoms with Crippen LogP contribution in [0.15, 0.2) is 30.3 Å². The Labute approximate surface area is 130 Å². The summed E-state index contributed by atoms with van der Waals surface area (Å²) in [5.41, 5.74) is 0.927. The van der Waals surface area contributed by atoms with E-state index in [2.05, 4.69) is 0 Å². The first kappa shape index (κ1) is 15.8. The Bertz CT molecular complexity index is 492. The van der Waals surface area contributed by atoms with Crippen LogP contribution in [0.4, 0.5) is 4.79 Å². The lowest BCUT2D eigenvalue weighted by Crippen LogP contribution is -2.52. The van der Waals surface area contributed by atoms with Crippen molar-refractivity contribution in [3.63, 3.8) is 0 Å². The standard InChI is InChI=1S/C16H20ClNO3/c1-12-6-5-9-18(15(12)14(19)10-17)16(20)21-11-13-7-3-2-4-8-13/h2-4,7-8,12,15H,5-6,9-11H2,1H3. The van der Waals surface area contributed by atoms with Gasteiger partial charge in [0.05, 0.1) is 11.9 Å². The van der Waals surface area contributed by atoms with Gasteiger partial charge in [-0.25, -0.2) is 4.79 Å². The van der Waals surface area contributed by atoms with E-state index in [0.717, 1.165) is 18.4 Å². The monoisotopic (exact) mass is 309 g/mol. The van der Waals surface area contributed by atoms with Crippen LogP contribution >= 0.6 is 11.6 Å². The highest BCUT2D eigenvalue weighted by atomic mass is 35.5. The second kappa shape index (κ2) is 7.46. The zero-order valence-electron chi connectivity index (χ0n) is 12.1. The molecule has 0 bridgehead atoms. The fourth-order valence-corrected chi connectivity index (χ4v) is 2.92. The highest BCUT2D eigenvalue weighted by molar-refractivity contribution is 6.28. The van der Waals surface area contributed by atoms with E-state index < -0.39 is 12.1 Å². The minimum Gasteiger partial charge on any atom is -0.445 e. The molecular formula is C16H20ClNO3. The second-order valence-corrected chi connectivity index (χ2v) is 5.67. The smallest absolute Gasteiger partial charge is 0.410 e. The van der Waals surface area contributed by atoms with Crippen molar-refractivity contribution in [2.75, 3.05) is 12.4 Å². The number of amides is 1. The summed E-state index contributed by atoms with van der Waals surface area (Å²) in [6.45, 7) is 2.74. The van der Waals surface area contributed by atoms with Crippen LogP contribution in [0, 0.1) is 5.92 Å². The summed E-state index contributed by atoms with van der Waals surface area (Å²) in [6, 6.07) is 9.03. The van der Waals surface area contributed by atoms with Crippen molar-refractivity contribution in [2.45, 2.75) is 32.4 Å². The molecule has 1 heterocycles. The largest absolute Gasteiger partial charge is 0.445 e. The fraction of sp³-hybridized carbons (Fsp3) is 0.500. The molecule has 0 aliphatic carbocycles. The third-order valence-corrected chi connectivity index (χ3v) is 4.10. The molecule has 2 atom stereocenters. The van der Waals surface area contributed by atoms with Crippen molar-refractivity contribution in [1.82, 2.24) is 4.90 Å². The van der Waals surface area contributed by atoms with Gasteiger partial charge in [0.25, 0.3) is 0 Å². The van der Waals surface area contributed by atoms with E-state index in [9.17, 15) is 9.59 Å². The van der Waals surface area contributed by atoms with Crippen LogP contribution < -0.4 is 0 Å². The van der Waals surface area contributed by atoms with Gasteiger partial charge in [-0.15, -0.1) is 11.6 Å². The third kappa shape index (κ3) is 3.97. The minimum absolute atomic E-state index is 0.0720. The van der Waals surface area contributed by atoms with Crippen LogP contribution in [0.2, 0.25) is 0 Å². The highest BCUT2D eigenvalue weighted by Crippen LogP contribution is 2.25. The summed E-state index contributed by atoms with van der Waals surface area (Å²) in [5, 5.41) is 0. The Morgan fingerprint density at radius 3 is 2.71 bits per heavy atom. The predicted molar refractivity (Wildman–Crippen MR) is 81.2 cm³/mol. The molecule has 1 aliphatic rings. The van der Waals surface area contributed by atoms with E-state index in [0.29, 0.717) is 6.54 Å². The van der Waals surface area contributed by atoms with Gasteiger partial charge in [0.15, 0.2) is 5.78 Å². The number of Topliss-reactive ketones (excluding diaryl/α,β-unsaturated/α-hetero) is 1. The SMILES string of the molecule is CC1CCCN(C(=O)OCc2ccccc2)C1C(=O)CCl. The van der Waals surface area contributed by atoms with Crippen LogP contribution in [0.1, 0.15) is 25.3 Å². The average Bonchev–Trinajstić information content (AvgIpc) is 2.52. The maximum atomic E-state index is 12.3. The molecule has 1 aromatic carbocycles. The Balaban J connectivity index is 2.00. The zero-order valence-corrected chi connectivity index (χ0v) is 12.9. The maximum Gasteiger partial charge on any atom is 0.410 e. The molecule has 1 amide bonds. The molecule has 0 N–H and O–H groups in total. The van der Waals surface area contributed by atoms with Gasteiger partial charge in [-0.3, -0.25) is 9.69 Å². The number of ether oxygens (including phenoxy) is 1. The van der Waals surface area contributed by atoms with E-state index >= 15 is 0 Å². The van der Waals surface area contributed by atoms with Crippen LogP contribution in [-0.2, 0) is 16.1 Å². The Morgan fingerprint density at radius 1 is 1.33 bits per heavy atom. The summed E-state index contributed by atoms with van der Waals surface area (Å²) < 4.78 is 5.33. The highest BCUT2D eigenvalue weighted by Gasteiger charge is 2.37. The molecule has 2 rings (SSSR count). The van der Waals surface area contributed by atoms with E-state index in [-0.39, 0.29) is 24.2 Å².